The Morgan fingerprint density at radius 2 is 1.75 bits per heavy atom. The molecule has 2 atom stereocenters. The third-order valence-corrected chi connectivity index (χ3v) is 4.02. The first kappa shape index (κ1) is 11.7. The molecule has 0 bridgehead atoms. The molecule has 0 aliphatic heterocycles. The van der Waals surface area contributed by atoms with Crippen LogP contribution >= 0.6 is 0 Å². The summed E-state index contributed by atoms with van der Waals surface area (Å²) < 4.78 is 0. The summed E-state index contributed by atoms with van der Waals surface area (Å²) in [5.74, 6) is 0.708. The molecule has 1 aliphatic carbocycles. The fraction of sp³-hybridized carbons (Fsp3) is 0.600. The molecule has 1 heteroatoms. The van der Waals surface area contributed by atoms with Crippen LogP contribution in [-0.2, 0) is 6.42 Å². The summed E-state index contributed by atoms with van der Waals surface area (Å²) in [7, 11) is 0. The van der Waals surface area contributed by atoms with Crippen molar-refractivity contribution >= 4 is 0 Å². The van der Waals surface area contributed by atoms with Crippen molar-refractivity contribution in [1.82, 2.24) is 0 Å². The van der Waals surface area contributed by atoms with Crippen molar-refractivity contribution in [2.75, 3.05) is 0 Å². The van der Waals surface area contributed by atoms with Gasteiger partial charge in [-0.25, -0.2) is 0 Å². The molecule has 2 N–H and O–H groups in total. The second-order valence-corrected chi connectivity index (χ2v) is 5.44. The third kappa shape index (κ3) is 2.30. The van der Waals surface area contributed by atoms with E-state index in [1.54, 1.807) is 0 Å². The second-order valence-electron chi connectivity index (χ2n) is 5.44. The van der Waals surface area contributed by atoms with Gasteiger partial charge in [-0.1, -0.05) is 24.1 Å². The van der Waals surface area contributed by atoms with Crippen LogP contribution in [0.2, 0.25) is 0 Å². The lowest BCUT2D eigenvalue weighted by Crippen LogP contribution is -2.26. The van der Waals surface area contributed by atoms with Crippen LogP contribution in [0.25, 0.3) is 0 Å². The Bertz CT molecular complexity index is 358. The van der Waals surface area contributed by atoms with Crippen LogP contribution in [0.5, 0.6) is 0 Å². The standard InChI is InChI=1S/C15H23N/c1-10-7-11(2)14(12(3)8-10)9-13-5-4-6-15(13)16/h7-8,13,15H,4-6,9,16H2,1-3H3. The van der Waals surface area contributed by atoms with Crippen LogP contribution in [0.1, 0.15) is 41.5 Å². The van der Waals surface area contributed by atoms with Gasteiger partial charge in [-0.15, -0.1) is 0 Å². The molecular formula is C15H23N. The van der Waals surface area contributed by atoms with Gasteiger partial charge in [0.1, 0.15) is 0 Å². The van der Waals surface area contributed by atoms with Crippen LogP contribution in [0.4, 0.5) is 0 Å². The second kappa shape index (κ2) is 4.58. The Morgan fingerprint density at radius 3 is 2.25 bits per heavy atom. The molecule has 1 aromatic carbocycles. The van der Waals surface area contributed by atoms with E-state index >= 15 is 0 Å². The lowest BCUT2D eigenvalue weighted by molar-refractivity contribution is 0.477. The predicted octanol–water partition coefficient (Wildman–Crippen LogP) is 3.28. The Hall–Kier alpha value is -0.820. The number of rotatable bonds is 2. The van der Waals surface area contributed by atoms with Gasteiger partial charge < -0.3 is 5.73 Å². The first-order valence-electron chi connectivity index (χ1n) is 6.40. The first-order chi connectivity index (χ1) is 7.58. The van der Waals surface area contributed by atoms with Crippen LogP contribution in [0, 0.1) is 26.7 Å². The van der Waals surface area contributed by atoms with Crippen LogP contribution < -0.4 is 5.73 Å². The van der Waals surface area contributed by atoms with Gasteiger partial charge in [0.25, 0.3) is 0 Å². The normalized spacial score (nSPS) is 25.0. The number of hydrogen-bond acceptors (Lipinski definition) is 1. The van der Waals surface area contributed by atoms with Gasteiger partial charge in [0.05, 0.1) is 0 Å². The molecular weight excluding hydrogens is 194 g/mol. The maximum Gasteiger partial charge on any atom is 0.00703 e. The van der Waals surface area contributed by atoms with Crippen molar-refractivity contribution in [2.45, 2.75) is 52.5 Å². The molecule has 2 rings (SSSR count). The van der Waals surface area contributed by atoms with Crippen molar-refractivity contribution in [1.29, 1.82) is 0 Å². The van der Waals surface area contributed by atoms with Gasteiger partial charge in [-0.05, 0) is 62.6 Å². The molecule has 1 saturated carbocycles. The average Bonchev–Trinajstić information content (AvgIpc) is 2.57. The average molecular weight is 217 g/mol. The monoisotopic (exact) mass is 217 g/mol. The zero-order valence-corrected chi connectivity index (χ0v) is 10.7. The van der Waals surface area contributed by atoms with Gasteiger partial charge in [0.15, 0.2) is 0 Å². The molecule has 0 amide bonds. The topological polar surface area (TPSA) is 26.0 Å². The Morgan fingerprint density at radius 1 is 1.12 bits per heavy atom. The van der Waals surface area contributed by atoms with E-state index in [1.807, 2.05) is 0 Å². The molecule has 0 saturated heterocycles. The fourth-order valence-corrected chi connectivity index (χ4v) is 3.11. The van der Waals surface area contributed by atoms with E-state index in [9.17, 15) is 0 Å². The van der Waals surface area contributed by atoms with Gasteiger partial charge >= 0.3 is 0 Å². The zero-order valence-electron chi connectivity index (χ0n) is 10.7. The smallest absolute Gasteiger partial charge is 0.00703 e. The van der Waals surface area contributed by atoms with Crippen LogP contribution in [-0.4, -0.2) is 6.04 Å². The Balaban J connectivity index is 2.21. The van der Waals surface area contributed by atoms with Crippen LogP contribution in [0.3, 0.4) is 0 Å². The van der Waals surface area contributed by atoms with Crippen molar-refractivity contribution in [3.63, 3.8) is 0 Å². The summed E-state index contributed by atoms with van der Waals surface area (Å²) >= 11 is 0. The maximum absolute atomic E-state index is 6.16. The van der Waals surface area contributed by atoms with Crippen molar-refractivity contribution in [3.8, 4) is 0 Å². The molecule has 1 aliphatic rings. The van der Waals surface area contributed by atoms with Crippen molar-refractivity contribution in [2.24, 2.45) is 11.7 Å². The molecule has 1 fully saturated rings. The third-order valence-electron chi connectivity index (χ3n) is 4.02. The van der Waals surface area contributed by atoms with Gasteiger partial charge in [0, 0.05) is 6.04 Å². The van der Waals surface area contributed by atoms with E-state index in [0.29, 0.717) is 12.0 Å². The number of aryl methyl sites for hydroxylation is 3. The number of benzene rings is 1. The molecule has 88 valence electrons. The molecule has 0 heterocycles. The van der Waals surface area contributed by atoms with Crippen molar-refractivity contribution in [3.05, 3.63) is 34.4 Å². The summed E-state index contributed by atoms with van der Waals surface area (Å²) in [6, 6.07) is 5.02. The molecule has 0 radical (unpaired) electrons. The Labute approximate surface area is 99.0 Å². The summed E-state index contributed by atoms with van der Waals surface area (Å²) in [6.45, 7) is 6.64. The summed E-state index contributed by atoms with van der Waals surface area (Å²) in [5, 5.41) is 0. The van der Waals surface area contributed by atoms with Crippen LogP contribution in [0.15, 0.2) is 12.1 Å². The lowest BCUT2D eigenvalue weighted by Gasteiger charge is -2.19. The predicted molar refractivity (Wildman–Crippen MR) is 69.7 cm³/mol. The SMILES string of the molecule is Cc1cc(C)c(CC2CCCC2N)c(C)c1. The van der Waals surface area contributed by atoms with E-state index in [2.05, 4.69) is 32.9 Å². The minimum absolute atomic E-state index is 0.431. The molecule has 16 heavy (non-hydrogen) atoms. The highest BCUT2D eigenvalue weighted by molar-refractivity contribution is 5.37. The van der Waals surface area contributed by atoms with Gasteiger partial charge in [0.2, 0.25) is 0 Å². The molecule has 0 spiro atoms. The van der Waals surface area contributed by atoms with Crippen molar-refractivity contribution < 1.29 is 0 Å². The summed E-state index contributed by atoms with van der Waals surface area (Å²) in [4.78, 5) is 0. The minimum Gasteiger partial charge on any atom is -0.327 e. The number of nitrogens with two attached hydrogens (primary N) is 1. The molecule has 1 nitrogen and oxygen atoms in total. The van der Waals surface area contributed by atoms with E-state index in [1.165, 1.54) is 47.9 Å². The molecule has 1 aromatic rings. The highest BCUT2D eigenvalue weighted by Gasteiger charge is 2.24. The fourth-order valence-electron chi connectivity index (χ4n) is 3.11. The summed E-state index contributed by atoms with van der Waals surface area (Å²) in [6.07, 6.45) is 5.03. The minimum atomic E-state index is 0.431. The van der Waals surface area contributed by atoms with E-state index in [-0.39, 0.29) is 0 Å². The number of hydrogen-bond donors (Lipinski definition) is 1. The quantitative estimate of drug-likeness (QED) is 0.808. The van der Waals surface area contributed by atoms with Gasteiger partial charge in [-0.2, -0.15) is 0 Å². The first-order valence-corrected chi connectivity index (χ1v) is 6.40. The highest BCUT2D eigenvalue weighted by atomic mass is 14.7. The van der Waals surface area contributed by atoms with Gasteiger partial charge in [-0.3, -0.25) is 0 Å². The van der Waals surface area contributed by atoms with E-state index in [4.69, 9.17) is 5.73 Å². The zero-order chi connectivity index (χ0) is 11.7. The largest absolute Gasteiger partial charge is 0.327 e. The highest BCUT2D eigenvalue weighted by Crippen LogP contribution is 2.29. The molecule has 2 unspecified atom stereocenters. The van der Waals surface area contributed by atoms with E-state index in [0.717, 1.165) is 0 Å². The Kier molecular flexibility index (Phi) is 3.34. The molecule has 0 aromatic heterocycles. The maximum atomic E-state index is 6.16. The van der Waals surface area contributed by atoms with E-state index < -0.39 is 0 Å². The lowest BCUT2D eigenvalue weighted by atomic mass is 9.89. The summed E-state index contributed by atoms with van der Waals surface area (Å²) in [5.41, 5.74) is 11.9.